The Labute approximate surface area is 302 Å². The zero-order valence-corrected chi connectivity index (χ0v) is 32.8. The van der Waals surface area contributed by atoms with Gasteiger partial charge in [-0.15, -0.1) is 9.53 Å². The predicted octanol–water partition coefficient (Wildman–Crippen LogP) is 3.56. The summed E-state index contributed by atoms with van der Waals surface area (Å²) in [6.45, 7) is 13.2. The van der Waals surface area contributed by atoms with Gasteiger partial charge < -0.3 is 20.6 Å². The predicted molar refractivity (Wildman–Crippen MR) is 196 cm³/mol. The molecule has 1 aliphatic heterocycles. The lowest BCUT2D eigenvalue weighted by molar-refractivity contribution is -0.144. The molecule has 2 unspecified atom stereocenters. The summed E-state index contributed by atoms with van der Waals surface area (Å²) >= 11 is 0. The molecule has 3 amide bonds. The van der Waals surface area contributed by atoms with Crippen LogP contribution in [0.5, 0.6) is 0 Å². The number of alkyl halides is 2. The van der Waals surface area contributed by atoms with Crippen molar-refractivity contribution < 1.29 is 37.0 Å². The second kappa shape index (κ2) is 16.2. The molecule has 0 bridgehead atoms. The maximum absolute atomic E-state index is 14.1. The third-order valence-corrected chi connectivity index (χ3v) is 11.8. The van der Waals surface area contributed by atoms with Crippen LogP contribution in [0.1, 0.15) is 104 Å². The van der Waals surface area contributed by atoms with Crippen molar-refractivity contribution in [3.8, 4) is 0 Å². The van der Waals surface area contributed by atoms with E-state index in [0.29, 0.717) is 12.3 Å². The Morgan fingerprint density at radius 2 is 1.57 bits per heavy atom. The highest BCUT2D eigenvalue weighted by atomic mass is 32.3. The van der Waals surface area contributed by atoms with E-state index in [-0.39, 0.29) is 19.5 Å². The second-order valence-electron chi connectivity index (χ2n) is 17.0. The van der Waals surface area contributed by atoms with Gasteiger partial charge in [0.1, 0.15) is 12.1 Å². The molecule has 1 saturated heterocycles. The van der Waals surface area contributed by atoms with Gasteiger partial charge in [-0.25, -0.2) is 13.1 Å². The lowest BCUT2D eigenvalue weighted by atomic mass is 9.85. The van der Waals surface area contributed by atoms with Crippen molar-refractivity contribution in [1.29, 1.82) is 0 Å². The third-order valence-electron chi connectivity index (χ3n) is 9.90. The fraction of sp³-hybridized carbons (Fsp3) is 0.750. The fourth-order valence-electron chi connectivity index (χ4n) is 6.15. The molecule has 15 heteroatoms. The SMILES string of the molecule is CC(NC(=O)[C@H](CC(F)F)NC(=O)[C@@H]1CCCN1C(=O)[C@@H](NC(O)N[C@H](CN(C)S(C)(C)(=O)O)C(C)(C)C)C(C)(C)C)c1ccc(C2CC2)cc1. The summed E-state index contributed by atoms with van der Waals surface area (Å²) in [4.78, 5) is 42.4. The van der Waals surface area contributed by atoms with Gasteiger partial charge in [0.25, 0.3) is 0 Å². The van der Waals surface area contributed by atoms with Crippen molar-refractivity contribution in [1.82, 2.24) is 30.5 Å². The number of aliphatic hydroxyl groups excluding tert-OH is 1. The number of benzene rings is 1. The Kier molecular flexibility index (Phi) is 13.6. The van der Waals surface area contributed by atoms with E-state index < -0.39 is 87.5 Å². The number of carbonyl (C=O) groups is 3. The zero-order valence-electron chi connectivity index (χ0n) is 32.0. The first-order valence-electron chi connectivity index (χ1n) is 17.8. The Bertz CT molecular complexity index is 1430. The third kappa shape index (κ3) is 12.5. The first kappa shape index (κ1) is 42.8. The average Bonchev–Trinajstić information content (AvgIpc) is 3.72. The van der Waals surface area contributed by atoms with Crippen molar-refractivity contribution in [2.75, 3.05) is 32.6 Å². The average molecular weight is 745 g/mol. The van der Waals surface area contributed by atoms with Crippen LogP contribution in [-0.2, 0) is 23.9 Å². The van der Waals surface area contributed by atoms with Gasteiger partial charge in [-0.1, -0.05) is 65.8 Å². The molecule has 1 saturated carbocycles. The topological polar surface area (TPSA) is 163 Å². The number of rotatable bonds is 16. The smallest absolute Gasteiger partial charge is 0.243 e. The molecule has 1 aromatic carbocycles. The highest BCUT2D eigenvalue weighted by Crippen LogP contribution is 2.40. The molecular formula is C36H62F2N6O6S. The Balaban J connectivity index is 1.72. The Hall–Kier alpha value is -2.56. The molecule has 0 spiro atoms. The van der Waals surface area contributed by atoms with E-state index in [4.69, 9.17) is 0 Å². The lowest BCUT2D eigenvalue weighted by Gasteiger charge is -2.47. The molecule has 1 aromatic rings. The first-order valence-corrected chi connectivity index (χ1v) is 20.5. The minimum absolute atomic E-state index is 0.110. The van der Waals surface area contributed by atoms with Gasteiger partial charge >= 0.3 is 0 Å². The molecule has 0 radical (unpaired) electrons. The molecule has 2 aliphatic rings. The van der Waals surface area contributed by atoms with Crippen LogP contribution in [0.3, 0.4) is 0 Å². The van der Waals surface area contributed by atoms with E-state index in [0.717, 1.165) is 18.4 Å². The normalized spacial score (nSPS) is 21.1. The van der Waals surface area contributed by atoms with Crippen molar-refractivity contribution in [3.63, 3.8) is 0 Å². The molecule has 12 nitrogen and oxygen atoms in total. The molecule has 1 aliphatic carbocycles. The Morgan fingerprint density at radius 3 is 2.06 bits per heavy atom. The molecule has 3 rings (SSSR count). The largest absolute Gasteiger partial charge is 0.365 e. The summed E-state index contributed by atoms with van der Waals surface area (Å²) in [6.07, 6.45) is 0.401. The number of aliphatic hydroxyl groups is 1. The number of hydrogen-bond donors (Lipinski definition) is 6. The maximum atomic E-state index is 14.1. The van der Waals surface area contributed by atoms with E-state index >= 15 is 0 Å². The maximum Gasteiger partial charge on any atom is 0.243 e. The second-order valence-corrected chi connectivity index (χ2v) is 21.0. The van der Waals surface area contributed by atoms with Crippen LogP contribution in [0.2, 0.25) is 0 Å². The van der Waals surface area contributed by atoms with Crippen molar-refractivity contribution in [3.05, 3.63) is 35.4 Å². The summed E-state index contributed by atoms with van der Waals surface area (Å²) in [7, 11) is -2.53. The van der Waals surface area contributed by atoms with Crippen LogP contribution in [0.25, 0.3) is 0 Å². The van der Waals surface area contributed by atoms with Crippen LogP contribution in [-0.4, -0.2) is 110 Å². The standard InChI is InChI=1S/C36H62F2N6O6S/c1-22(23-13-15-24(16-14-23)25-17-18-25)39-31(45)26(20-29(37)38)40-32(46)27-12-11-19-44(27)33(47)30(36(5,6)7)42-34(48)41-28(35(2,3)4)21-43(8)51(9,10,49)50/h13-16,22,25-30,34,41-42,48H,11-12,17-21H2,1-10H3,(H,39,45)(H,40,46)(H,49,50)/t22?,26-,27-,28+,30+,34?/m0/s1. The van der Waals surface area contributed by atoms with Crippen LogP contribution in [0.15, 0.2) is 24.3 Å². The van der Waals surface area contributed by atoms with E-state index in [2.05, 4.69) is 21.3 Å². The van der Waals surface area contributed by atoms with Crippen molar-refractivity contribution in [2.45, 2.75) is 129 Å². The molecule has 6 N–H and O–H groups in total. The minimum atomic E-state index is -4.06. The summed E-state index contributed by atoms with van der Waals surface area (Å²) in [6, 6.07) is 3.35. The van der Waals surface area contributed by atoms with Gasteiger partial charge in [-0.2, -0.15) is 4.21 Å². The quantitative estimate of drug-likeness (QED) is 0.140. The summed E-state index contributed by atoms with van der Waals surface area (Å²) in [5.74, 6) is -1.34. The number of hydrogen-bond acceptors (Lipinski definition) is 7. The van der Waals surface area contributed by atoms with Crippen LogP contribution in [0.4, 0.5) is 8.78 Å². The van der Waals surface area contributed by atoms with E-state index in [1.54, 1.807) is 27.7 Å². The first-order chi connectivity index (χ1) is 23.2. The van der Waals surface area contributed by atoms with Crippen LogP contribution in [0, 0.1) is 10.8 Å². The molecule has 51 heavy (non-hydrogen) atoms. The zero-order chi connectivity index (χ0) is 38.7. The molecule has 0 aromatic heterocycles. The Morgan fingerprint density at radius 1 is 0.980 bits per heavy atom. The number of halogens is 2. The van der Waals surface area contributed by atoms with Crippen LogP contribution >= 0.6 is 0 Å². The minimum Gasteiger partial charge on any atom is -0.365 e. The van der Waals surface area contributed by atoms with Crippen molar-refractivity contribution in [2.24, 2.45) is 10.8 Å². The molecule has 292 valence electrons. The van der Waals surface area contributed by atoms with Gasteiger partial charge in [0, 0.05) is 45.1 Å². The monoisotopic (exact) mass is 744 g/mol. The van der Waals surface area contributed by atoms with Crippen molar-refractivity contribution >= 4 is 27.3 Å². The van der Waals surface area contributed by atoms with Gasteiger partial charge in [0.2, 0.25) is 24.1 Å². The number of nitrogens with zero attached hydrogens (tertiary/aromatic N) is 2. The van der Waals surface area contributed by atoms with E-state index in [1.807, 2.05) is 45.0 Å². The van der Waals surface area contributed by atoms with Gasteiger partial charge in [-0.3, -0.25) is 29.6 Å². The number of likely N-dealkylation sites (N-methyl/N-ethyl adjacent to an activating group) is 1. The number of likely N-dealkylation sites (tertiary alicyclic amines) is 1. The number of nitrogens with one attached hydrogen (secondary N) is 4. The number of carbonyl (C=O) groups excluding carboxylic acids is 3. The van der Waals surface area contributed by atoms with Crippen LogP contribution < -0.4 is 21.3 Å². The van der Waals surface area contributed by atoms with E-state index in [1.165, 1.54) is 34.3 Å². The molecule has 2 fully saturated rings. The summed E-state index contributed by atoms with van der Waals surface area (Å²) < 4.78 is 52.0. The van der Waals surface area contributed by atoms with Gasteiger partial charge in [-0.05, 0) is 60.5 Å². The fourth-order valence-corrected chi connectivity index (χ4v) is 6.73. The summed E-state index contributed by atoms with van der Waals surface area (Å²) in [5, 5.41) is 22.5. The lowest BCUT2D eigenvalue weighted by Crippen LogP contribution is -2.64. The molecular weight excluding hydrogens is 682 g/mol. The number of amides is 3. The highest BCUT2D eigenvalue weighted by molar-refractivity contribution is 8.11. The van der Waals surface area contributed by atoms with Gasteiger partial charge in [0.15, 0.2) is 6.35 Å². The molecule has 1 heterocycles. The van der Waals surface area contributed by atoms with Gasteiger partial charge in [0.05, 0.1) is 12.1 Å². The highest BCUT2D eigenvalue weighted by Gasteiger charge is 2.43. The molecule has 6 atom stereocenters. The van der Waals surface area contributed by atoms with E-state index in [9.17, 15) is 37.0 Å². The summed E-state index contributed by atoms with van der Waals surface area (Å²) in [5.41, 5.74) is 0.823.